The number of fused-ring (bicyclic) bond motifs is 1. The van der Waals surface area contributed by atoms with E-state index in [1.54, 1.807) is 9.58 Å². The third-order valence-electron chi connectivity index (χ3n) is 6.58. The van der Waals surface area contributed by atoms with E-state index in [0.717, 1.165) is 37.3 Å². The van der Waals surface area contributed by atoms with Gasteiger partial charge in [0.05, 0.1) is 0 Å². The molecule has 9 nitrogen and oxygen atoms in total. The Morgan fingerprint density at radius 2 is 1.79 bits per heavy atom. The molecule has 0 bridgehead atoms. The lowest BCUT2D eigenvalue weighted by molar-refractivity contribution is -0.134. The van der Waals surface area contributed by atoms with Gasteiger partial charge in [-0.25, -0.2) is 0 Å². The largest absolute Gasteiger partial charge is 0.356 e. The first-order valence-electron chi connectivity index (χ1n) is 12.2. The van der Waals surface area contributed by atoms with Crippen LogP contribution in [0.3, 0.4) is 0 Å². The Kier molecular flexibility index (Phi) is 7.95. The van der Waals surface area contributed by atoms with E-state index in [1.807, 2.05) is 37.4 Å². The van der Waals surface area contributed by atoms with E-state index >= 15 is 0 Å². The van der Waals surface area contributed by atoms with Crippen LogP contribution in [0.5, 0.6) is 0 Å². The molecule has 0 unspecified atom stereocenters. The maximum absolute atomic E-state index is 12.9. The zero-order valence-electron chi connectivity index (χ0n) is 19.9. The van der Waals surface area contributed by atoms with Gasteiger partial charge in [-0.05, 0) is 51.0 Å². The van der Waals surface area contributed by atoms with E-state index in [-0.39, 0.29) is 30.6 Å². The van der Waals surface area contributed by atoms with Gasteiger partial charge < -0.3 is 20.4 Å². The Morgan fingerprint density at radius 1 is 1.03 bits per heavy atom. The fourth-order valence-electron chi connectivity index (χ4n) is 4.70. The summed E-state index contributed by atoms with van der Waals surface area (Å²) in [6, 6.07) is 9.24. The van der Waals surface area contributed by atoms with E-state index in [9.17, 15) is 14.4 Å². The molecular weight excluding hydrogens is 432 g/mol. The molecule has 0 atom stereocenters. The normalized spacial score (nSPS) is 15.7. The molecule has 1 aromatic carbocycles. The fourth-order valence-corrected chi connectivity index (χ4v) is 4.70. The van der Waals surface area contributed by atoms with Crippen molar-refractivity contribution in [1.82, 2.24) is 24.9 Å². The summed E-state index contributed by atoms with van der Waals surface area (Å²) in [5, 5.41) is 10.2. The predicted molar refractivity (Wildman–Crippen MR) is 129 cm³/mol. The highest BCUT2D eigenvalue weighted by molar-refractivity contribution is 6.04. The molecule has 34 heavy (non-hydrogen) atoms. The van der Waals surface area contributed by atoms with Crippen LogP contribution in [0.25, 0.3) is 0 Å². The van der Waals surface area contributed by atoms with E-state index in [2.05, 4.69) is 20.6 Å². The average Bonchev–Trinajstić information content (AvgIpc) is 3.48. The summed E-state index contributed by atoms with van der Waals surface area (Å²) in [6.45, 7) is 4.87. The quantitative estimate of drug-likeness (QED) is 0.550. The van der Waals surface area contributed by atoms with Gasteiger partial charge in [-0.2, -0.15) is 5.10 Å². The Hall–Kier alpha value is -3.20. The zero-order chi connectivity index (χ0) is 23.9. The first-order valence-corrected chi connectivity index (χ1v) is 12.2. The van der Waals surface area contributed by atoms with Gasteiger partial charge in [0.1, 0.15) is 0 Å². The Balaban J connectivity index is 1.26. The SMILES string of the molecule is Cn1nc(C(=O)Nc2ccccc2)c2c1CCN(C(=O)CCC(=O)NCCCN1CCCC1)C2. The molecule has 2 aliphatic heterocycles. The minimum Gasteiger partial charge on any atom is -0.356 e. The summed E-state index contributed by atoms with van der Waals surface area (Å²) in [5.41, 5.74) is 2.79. The van der Waals surface area contributed by atoms with Crippen LogP contribution in [-0.4, -0.2) is 70.0 Å². The second-order valence-corrected chi connectivity index (χ2v) is 9.04. The van der Waals surface area contributed by atoms with Gasteiger partial charge in [-0.1, -0.05) is 18.2 Å². The number of aromatic nitrogens is 2. The lowest BCUT2D eigenvalue weighted by Crippen LogP contribution is -2.37. The molecule has 3 heterocycles. The van der Waals surface area contributed by atoms with Crippen molar-refractivity contribution in [1.29, 1.82) is 0 Å². The average molecular weight is 467 g/mol. The molecule has 1 fully saturated rings. The molecule has 182 valence electrons. The highest BCUT2D eigenvalue weighted by Crippen LogP contribution is 2.24. The van der Waals surface area contributed by atoms with Crippen LogP contribution in [0.2, 0.25) is 0 Å². The molecular formula is C25H34N6O3. The number of nitrogens with one attached hydrogen (secondary N) is 2. The molecule has 2 aliphatic rings. The molecule has 0 saturated carbocycles. The van der Waals surface area contributed by atoms with Crippen molar-refractivity contribution in [2.75, 3.05) is 38.0 Å². The standard InChI is InChI=1S/C25H34N6O3/c1-29-21-12-17-31(18-20(21)24(28-29)25(34)27-19-8-3-2-4-9-19)23(33)11-10-22(32)26-13-7-16-30-14-5-6-15-30/h2-4,8-9H,5-7,10-18H2,1H3,(H,26,32)(H,27,34). The van der Waals surface area contributed by atoms with E-state index in [1.165, 1.54) is 12.8 Å². The number of benzene rings is 1. The first-order chi connectivity index (χ1) is 16.5. The van der Waals surface area contributed by atoms with Crippen molar-refractivity contribution < 1.29 is 14.4 Å². The number of nitrogens with zero attached hydrogens (tertiary/aromatic N) is 4. The van der Waals surface area contributed by atoms with Crippen LogP contribution in [-0.2, 0) is 29.6 Å². The number of carbonyl (C=O) groups excluding carboxylic acids is 3. The van der Waals surface area contributed by atoms with Gasteiger partial charge >= 0.3 is 0 Å². The molecule has 1 aromatic heterocycles. The monoisotopic (exact) mass is 466 g/mol. The van der Waals surface area contributed by atoms with Gasteiger partial charge in [-0.15, -0.1) is 0 Å². The van der Waals surface area contributed by atoms with Gasteiger partial charge in [0, 0.05) is 62.9 Å². The zero-order valence-corrected chi connectivity index (χ0v) is 19.9. The Labute approximate surface area is 200 Å². The van der Waals surface area contributed by atoms with Crippen molar-refractivity contribution >= 4 is 23.4 Å². The van der Waals surface area contributed by atoms with Gasteiger partial charge in [-0.3, -0.25) is 19.1 Å². The van der Waals surface area contributed by atoms with Crippen molar-refractivity contribution in [3.8, 4) is 0 Å². The number of carbonyl (C=O) groups is 3. The van der Waals surface area contributed by atoms with E-state index < -0.39 is 0 Å². The number of rotatable bonds is 9. The molecule has 4 rings (SSSR count). The van der Waals surface area contributed by atoms with Gasteiger partial charge in [0.2, 0.25) is 11.8 Å². The van der Waals surface area contributed by atoms with Crippen LogP contribution in [0.15, 0.2) is 30.3 Å². The summed E-state index contributed by atoms with van der Waals surface area (Å²) in [4.78, 5) is 42.0. The number of likely N-dealkylation sites (tertiary alicyclic amines) is 1. The molecule has 0 spiro atoms. The lowest BCUT2D eigenvalue weighted by atomic mass is 10.0. The topological polar surface area (TPSA) is 99.6 Å². The lowest BCUT2D eigenvalue weighted by Gasteiger charge is -2.27. The third-order valence-corrected chi connectivity index (χ3v) is 6.58. The fraction of sp³-hybridized carbons (Fsp3) is 0.520. The van der Waals surface area contributed by atoms with Crippen molar-refractivity contribution in [3.05, 3.63) is 47.3 Å². The van der Waals surface area contributed by atoms with Crippen LogP contribution in [0.1, 0.15) is 53.8 Å². The summed E-state index contributed by atoms with van der Waals surface area (Å²) in [7, 11) is 1.82. The number of para-hydroxylation sites is 1. The molecule has 0 aliphatic carbocycles. The highest BCUT2D eigenvalue weighted by Gasteiger charge is 2.29. The van der Waals surface area contributed by atoms with Crippen molar-refractivity contribution in [3.63, 3.8) is 0 Å². The number of hydrogen-bond acceptors (Lipinski definition) is 5. The molecule has 1 saturated heterocycles. The Morgan fingerprint density at radius 3 is 2.56 bits per heavy atom. The van der Waals surface area contributed by atoms with Crippen LogP contribution >= 0.6 is 0 Å². The summed E-state index contributed by atoms with van der Waals surface area (Å²) >= 11 is 0. The number of hydrogen-bond donors (Lipinski definition) is 2. The number of amides is 3. The summed E-state index contributed by atoms with van der Waals surface area (Å²) < 4.78 is 1.73. The minimum absolute atomic E-state index is 0.0730. The van der Waals surface area contributed by atoms with E-state index in [4.69, 9.17) is 0 Å². The van der Waals surface area contributed by atoms with Crippen LogP contribution < -0.4 is 10.6 Å². The summed E-state index contributed by atoms with van der Waals surface area (Å²) in [6.07, 6.45) is 4.45. The predicted octanol–water partition coefficient (Wildman–Crippen LogP) is 1.94. The first kappa shape index (κ1) is 23.9. The van der Waals surface area contributed by atoms with Crippen molar-refractivity contribution in [2.24, 2.45) is 7.05 Å². The maximum atomic E-state index is 12.9. The molecule has 9 heteroatoms. The number of aryl methyl sites for hydroxylation is 1. The van der Waals surface area contributed by atoms with Gasteiger partial charge in [0.25, 0.3) is 5.91 Å². The minimum atomic E-state index is -0.286. The second-order valence-electron chi connectivity index (χ2n) is 9.04. The smallest absolute Gasteiger partial charge is 0.276 e. The highest BCUT2D eigenvalue weighted by atomic mass is 16.2. The van der Waals surface area contributed by atoms with Crippen molar-refractivity contribution in [2.45, 2.75) is 45.1 Å². The maximum Gasteiger partial charge on any atom is 0.276 e. The van der Waals surface area contributed by atoms with Crippen LogP contribution in [0, 0.1) is 0 Å². The summed E-state index contributed by atoms with van der Waals surface area (Å²) in [5.74, 6) is -0.446. The molecule has 0 radical (unpaired) electrons. The molecule has 3 amide bonds. The molecule has 2 aromatic rings. The second kappa shape index (κ2) is 11.3. The van der Waals surface area contributed by atoms with Crippen LogP contribution in [0.4, 0.5) is 5.69 Å². The molecule has 2 N–H and O–H groups in total. The van der Waals surface area contributed by atoms with E-state index in [0.29, 0.717) is 37.4 Å². The van der Waals surface area contributed by atoms with Gasteiger partial charge in [0.15, 0.2) is 5.69 Å². The Bertz CT molecular complexity index is 1010. The third kappa shape index (κ3) is 6.02. The number of anilines is 1.